The number of rotatable bonds is 5. The molecule has 0 spiro atoms. The number of alkyl halides is 3. The van der Waals surface area contributed by atoms with E-state index in [2.05, 4.69) is 31.4 Å². The van der Waals surface area contributed by atoms with Crippen molar-refractivity contribution in [1.82, 2.24) is 19.4 Å². The van der Waals surface area contributed by atoms with Crippen molar-refractivity contribution in [1.29, 1.82) is 5.26 Å². The monoisotopic (exact) mass is 500 g/mol. The average molecular weight is 501 g/mol. The van der Waals surface area contributed by atoms with Crippen molar-refractivity contribution in [2.75, 3.05) is 18.0 Å². The smallest absolute Gasteiger partial charge is 0.406 e. The van der Waals surface area contributed by atoms with Crippen molar-refractivity contribution < 1.29 is 17.9 Å². The molecular formula is C25H27F3N6O2. The first kappa shape index (κ1) is 25.4. The fraction of sp³-hybridized carbons (Fsp3) is 0.440. The molecule has 0 radical (unpaired) electrons. The lowest BCUT2D eigenvalue weighted by molar-refractivity contribution is -0.274. The molecule has 3 atom stereocenters. The van der Waals surface area contributed by atoms with Crippen molar-refractivity contribution in [2.24, 2.45) is 7.05 Å². The molecule has 1 aliphatic rings. The average Bonchev–Trinajstić information content (AvgIpc) is 2.85. The van der Waals surface area contributed by atoms with Gasteiger partial charge in [0.1, 0.15) is 23.0 Å². The normalized spacial score (nSPS) is 19.8. The number of aromatic nitrogens is 3. The summed E-state index contributed by atoms with van der Waals surface area (Å²) in [6.45, 7) is 7.34. The van der Waals surface area contributed by atoms with Crippen LogP contribution in [0.15, 0.2) is 41.2 Å². The van der Waals surface area contributed by atoms with Gasteiger partial charge < -0.3 is 9.64 Å². The fourth-order valence-electron chi connectivity index (χ4n) is 4.81. The van der Waals surface area contributed by atoms with Gasteiger partial charge in [0, 0.05) is 38.3 Å². The number of pyridine rings is 1. The number of nitriles is 1. The van der Waals surface area contributed by atoms with Gasteiger partial charge in [0.25, 0.3) is 0 Å². The molecule has 1 saturated heterocycles. The molecule has 1 fully saturated rings. The van der Waals surface area contributed by atoms with Crippen LogP contribution < -0.4 is 15.3 Å². The summed E-state index contributed by atoms with van der Waals surface area (Å²) in [4.78, 5) is 25.8. The van der Waals surface area contributed by atoms with E-state index in [0.29, 0.717) is 29.9 Å². The molecule has 0 saturated carbocycles. The molecule has 3 unspecified atom stereocenters. The van der Waals surface area contributed by atoms with E-state index in [1.807, 2.05) is 19.9 Å². The first-order chi connectivity index (χ1) is 17.0. The van der Waals surface area contributed by atoms with Crippen LogP contribution in [0.1, 0.15) is 44.5 Å². The third-order valence-corrected chi connectivity index (χ3v) is 6.77. The van der Waals surface area contributed by atoms with Gasteiger partial charge in [-0.05, 0) is 50.1 Å². The molecule has 8 nitrogen and oxygen atoms in total. The van der Waals surface area contributed by atoms with E-state index >= 15 is 0 Å². The van der Waals surface area contributed by atoms with Crippen molar-refractivity contribution in [3.8, 4) is 11.8 Å². The minimum absolute atomic E-state index is 0.0431. The molecule has 1 aliphatic heterocycles. The highest BCUT2D eigenvalue weighted by Gasteiger charge is 2.36. The molecule has 4 rings (SSSR count). The van der Waals surface area contributed by atoms with Crippen LogP contribution in [-0.2, 0) is 7.05 Å². The van der Waals surface area contributed by atoms with Crippen LogP contribution in [0.25, 0.3) is 11.0 Å². The van der Waals surface area contributed by atoms with Crippen LogP contribution in [-0.4, -0.2) is 51.0 Å². The molecule has 0 amide bonds. The van der Waals surface area contributed by atoms with E-state index in [-0.39, 0.29) is 29.6 Å². The van der Waals surface area contributed by atoms with Gasteiger partial charge >= 0.3 is 12.1 Å². The van der Waals surface area contributed by atoms with Crippen LogP contribution >= 0.6 is 0 Å². The first-order valence-electron chi connectivity index (χ1n) is 11.7. The zero-order valence-corrected chi connectivity index (χ0v) is 20.5. The molecule has 0 bridgehead atoms. The zero-order chi connectivity index (χ0) is 26.2. The molecule has 11 heteroatoms. The highest BCUT2D eigenvalue weighted by atomic mass is 19.4. The van der Waals surface area contributed by atoms with Crippen molar-refractivity contribution >= 4 is 16.9 Å². The summed E-state index contributed by atoms with van der Waals surface area (Å²) >= 11 is 0. The third kappa shape index (κ3) is 4.99. The van der Waals surface area contributed by atoms with Crippen molar-refractivity contribution in [3.05, 3.63) is 58.1 Å². The summed E-state index contributed by atoms with van der Waals surface area (Å²) in [5.41, 5.74) is 1.82. The Morgan fingerprint density at radius 2 is 1.86 bits per heavy atom. The predicted octanol–water partition coefficient (Wildman–Crippen LogP) is 4.15. The molecule has 36 heavy (non-hydrogen) atoms. The van der Waals surface area contributed by atoms with Gasteiger partial charge in [-0.15, -0.1) is 13.2 Å². The zero-order valence-electron chi connectivity index (χ0n) is 20.5. The SMILES string of the molecule is CCC1CN(c2nc(=O)n(C)c3ccc(C#N)nc23)C(C)CN1C(C)c1ccc(OC(F)(F)F)cc1. The fourth-order valence-corrected chi connectivity index (χ4v) is 4.81. The second kappa shape index (κ2) is 9.78. The minimum Gasteiger partial charge on any atom is -0.406 e. The largest absolute Gasteiger partial charge is 0.573 e. The van der Waals surface area contributed by atoms with E-state index in [4.69, 9.17) is 0 Å². The van der Waals surface area contributed by atoms with Crippen LogP contribution in [0.3, 0.4) is 0 Å². The molecule has 1 aromatic carbocycles. The highest BCUT2D eigenvalue weighted by molar-refractivity contribution is 5.86. The molecule has 3 aromatic rings. The molecule has 3 heterocycles. The van der Waals surface area contributed by atoms with Crippen LogP contribution in [0, 0.1) is 11.3 Å². The molecule has 2 aromatic heterocycles. The number of nitrogens with zero attached hydrogens (tertiary/aromatic N) is 6. The number of benzene rings is 1. The van der Waals surface area contributed by atoms with Crippen LogP contribution in [0.5, 0.6) is 5.75 Å². The number of anilines is 1. The first-order valence-corrected chi connectivity index (χ1v) is 11.7. The minimum atomic E-state index is -4.73. The summed E-state index contributed by atoms with van der Waals surface area (Å²) in [7, 11) is 1.62. The number of ether oxygens (including phenoxy) is 1. The van der Waals surface area contributed by atoms with E-state index in [1.54, 1.807) is 31.3 Å². The van der Waals surface area contributed by atoms with Gasteiger partial charge in [-0.1, -0.05) is 19.1 Å². The van der Waals surface area contributed by atoms with Gasteiger partial charge in [0.05, 0.1) is 5.52 Å². The van der Waals surface area contributed by atoms with Gasteiger partial charge in [0.2, 0.25) is 0 Å². The Bertz CT molecular complexity index is 1350. The quantitative estimate of drug-likeness (QED) is 0.520. The van der Waals surface area contributed by atoms with E-state index in [1.165, 1.54) is 16.7 Å². The van der Waals surface area contributed by atoms with Gasteiger partial charge in [-0.25, -0.2) is 9.78 Å². The molecule has 0 N–H and O–H groups in total. The predicted molar refractivity (Wildman–Crippen MR) is 129 cm³/mol. The maximum absolute atomic E-state index is 12.6. The Balaban J connectivity index is 1.63. The van der Waals surface area contributed by atoms with Gasteiger partial charge in [-0.2, -0.15) is 10.2 Å². The Morgan fingerprint density at radius 1 is 1.17 bits per heavy atom. The van der Waals surface area contributed by atoms with Crippen molar-refractivity contribution in [3.63, 3.8) is 0 Å². The van der Waals surface area contributed by atoms with E-state index < -0.39 is 12.1 Å². The van der Waals surface area contributed by atoms with Crippen molar-refractivity contribution in [2.45, 2.75) is 51.7 Å². The number of hydrogen-bond acceptors (Lipinski definition) is 7. The lowest BCUT2D eigenvalue weighted by Gasteiger charge is -2.48. The lowest BCUT2D eigenvalue weighted by atomic mass is 9.98. The third-order valence-electron chi connectivity index (χ3n) is 6.77. The Kier molecular flexibility index (Phi) is 6.91. The summed E-state index contributed by atoms with van der Waals surface area (Å²) in [6.07, 6.45) is -3.92. The summed E-state index contributed by atoms with van der Waals surface area (Å²) < 4.78 is 43.0. The molecule has 190 valence electrons. The van der Waals surface area contributed by atoms with E-state index in [9.17, 15) is 23.2 Å². The maximum Gasteiger partial charge on any atom is 0.573 e. The summed E-state index contributed by atoms with van der Waals surface area (Å²) in [5.74, 6) is 0.202. The van der Waals surface area contributed by atoms with Crippen LogP contribution in [0.2, 0.25) is 0 Å². The Morgan fingerprint density at radius 3 is 2.47 bits per heavy atom. The summed E-state index contributed by atoms with van der Waals surface area (Å²) in [5, 5.41) is 9.35. The molecule has 0 aliphatic carbocycles. The number of fused-ring (bicyclic) bond motifs is 1. The highest BCUT2D eigenvalue weighted by Crippen LogP contribution is 2.33. The van der Waals surface area contributed by atoms with Gasteiger partial charge in [-0.3, -0.25) is 9.47 Å². The Labute approximate surface area is 206 Å². The van der Waals surface area contributed by atoms with Gasteiger partial charge in [0.15, 0.2) is 5.82 Å². The second-order valence-electron chi connectivity index (χ2n) is 9.01. The number of aryl methyl sites for hydroxylation is 1. The number of hydrogen-bond donors (Lipinski definition) is 0. The Hall–Kier alpha value is -3.65. The maximum atomic E-state index is 12.6. The lowest BCUT2D eigenvalue weighted by Crippen LogP contribution is -2.58. The van der Waals surface area contributed by atoms with Crippen LogP contribution in [0.4, 0.5) is 19.0 Å². The second-order valence-corrected chi connectivity index (χ2v) is 9.01. The van der Waals surface area contributed by atoms with E-state index in [0.717, 1.165) is 12.0 Å². The number of piperazine rings is 1. The number of halogens is 3. The molecular weight excluding hydrogens is 473 g/mol. The topological polar surface area (TPSA) is 87.3 Å². The summed E-state index contributed by atoms with van der Waals surface area (Å²) in [6, 6.07) is 11.3. The standard InChI is InChI=1S/C25H27F3N6O2/c1-5-19-14-33(23-22-21(32(4)24(35)31-23)11-8-18(12-29)30-22)15(2)13-34(19)16(3)17-6-9-20(10-7-17)36-25(26,27)28/h6-11,15-16,19H,5,13-14H2,1-4H3.